The second-order valence-electron chi connectivity index (χ2n) is 8.01. The zero-order valence-electron chi connectivity index (χ0n) is 19.4. The number of ether oxygens (including phenoxy) is 2. The molecular weight excluding hydrogens is 450 g/mol. The Balaban J connectivity index is 1.65. The molecular formula is C26H25N3O6. The van der Waals surface area contributed by atoms with Crippen LogP contribution in [0.5, 0.6) is 11.5 Å². The van der Waals surface area contributed by atoms with Gasteiger partial charge < -0.3 is 19.7 Å². The number of nitro benzene ring substituents is 1. The lowest BCUT2D eigenvalue weighted by molar-refractivity contribution is -0.384. The first kappa shape index (κ1) is 23.7. The van der Waals surface area contributed by atoms with Crippen molar-refractivity contribution in [2.75, 3.05) is 19.0 Å². The fourth-order valence-corrected chi connectivity index (χ4v) is 4.19. The number of carbonyl (C=O) groups is 2. The molecule has 3 aromatic rings. The first-order valence-corrected chi connectivity index (χ1v) is 11.1. The number of benzene rings is 3. The molecule has 0 saturated heterocycles. The van der Waals surface area contributed by atoms with Crippen LogP contribution in [0.2, 0.25) is 0 Å². The van der Waals surface area contributed by atoms with Gasteiger partial charge in [-0.2, -0.15) is 0 Å². The second-order valence-corrected chi connectivity index (χ2v) is 8.01. The molecule has 3 aromatic carbocycles. The number of methoxy groups -OCH3 is 1. The summed E-state index contributed by atoms with van der Waals surface area (Å²) in [6.45, 7) is 2.69. The summed E-state index contributed by atoms with van der Waals surface area (Å²) in [6.07, 6.45) is -0.0560. The smallest absolute Gasteiger partial charge is 0.271 e. The number of amides is 2. The Morgan fingerprint density at radius 3 is 2.63 bits per heavy atom. The molecule has 0 aliphatic carbocycles. The number of fused-ring (bicyclic) bond motifs is 1. The summed E-state index contributed by atoms with van der Waals surface area (Å²) in [6, 6.07) is 17.8. The lowest BCUT2D eigenvalue weighted by Crippen LogP contribution is -2.32. The van der Waals surface area contributed by atoms with Gasteiger partial charge in [-0.15, -0.1) is 0 Å². The topological polar surface area (TPSA) is 111 Å². The Bertz CT molecular complexity index is 1280. The van der Waals surface area contributed by atoms with Gasteiger partial charge in [0.1, 0.15) is 0 Å². The minimum Gasteiger partial charge on any atom is -0.493 e. The summed E-state index contributed by atoms with van der Waals surface area (Å²) in [5.74, 6) is 0.515. The number of non-ortho nitro benzene ring substituents is 1. The molecule has 1 N–H and O–H groups in total. The van der Waals surface area contributed by atoms with Crippen molar-refractivity contribution in [3.63, 3.8) is 0 Å². The molecule has 9 nitrogen and oxygen atoms in total. The van der Waals surface area contributed by atoms with Gasteiger partial charge >= 0.3 is 0 Å². The Kier molecular flexibility index (Phi) is 6.96. The van der Waals surface area contributed by atoms with Gasteiger partial charge in [-0.3, -0.25) is 19.7 Å². The molecule has 0 fully saturated rings. The van der Waals surface area contributed by atoms with Crippen molar-refractivity contribution in [2.24, 2.45) is 0 Å². The van der Waals surface area contributed by atoms with E-state index in [4.69, 9.17) is 9.47 Å². The molecule has 2 amide bonds. The molecule has 0 spiro atoms. The van der Waals surface area contributed by atoms with Gasteiger partial charge in [0.05, 0.1) is 31.1 Å². The standard InChI is InChI=1S/C26H25N3O6/c1-3-35-23-12-11-17(13-24(23)34-2)22(28-16-18-7-4-5-10-21(18)26(28)31)15-25(30)27-19-8-6-9-20(14-19)29(32)33/h4-14,22H,3,15-16H2,1-2H3,(H,27,30). The lowest BCUT2D eigenvalue weighted by atomic mass is 10.0. The fraction of sp³-hybridized carbons (Fsp3) is 0.231. The van der Waals surface area contributed by atoms with Crippen LogP contribution in [0, 0.1) is 10.1 Å². The normalized spacial score (nSPS) is 13.2. The van der Waals surface area contributed by atoms with Crippen LogP contribution in [0.25, 0.3) is 0 Å². The number of anilines is 1. The van der Waals surface area contributed by atoms with Crippen molar-refractivity contribution in [2.45, 2.75) is 25.9 Å². The van der Waals surface area contributed by atoms with Gasteiger partial charge in [0, 0.05) is 29.9 Å². The van der Waals surface area contributed by atoms with E-state index >= 15 is 0 Å². The average Bonchev–Trinajstić information content (AvgIpc) is 3.19. The SMILES string of the molecule is CCOc1ccc(C(CC(=O)Nc2cccc([N+](=O)[O-])c2)N2Cc3ccccc3C2=O)cc1OC. The predicted molar refractivity (Wildman–Crippen MR) is 130 cm³/mol. The minimum atomic E-state index is -0.599. The molecule has 180 valence electrons. The van der Waals surface area contributed by atoms with Gasteiger partial charge in [-0.05, 0) is 42.3 Å². The highest BCUT2D eigenvalue weighted by Crippen LogP contribution is 2.37. The van der Waals surface area contributed by atoms with Crippen LogP contribution in [-0.2, 0) is 11.3 Å². The summed E-state index contributed by atoms with van der Waals surface area (Å²) in [5, 5.41) is 13.8. The molecule has 1 heterocycles. The van der Waals surface area contributed by atoms with E-state index < -0.39 is 11.0 Å². The van der Waals surface area contributed by atoms with Crippen LogP contribution in [0.3, 0.4) is 0 Å². The number of nitrogens with one attached hydrogen (secondary N) is 1. The maximum absolute atomic E-state index is 13.3. The molecule has 1 unspecified atom stereocenters. The Hall–Kier alpha value is -4.40. The van der Waals surface area contributed by atoms with E-state index in [1.165, 1.54) is 25.3 Å². The zero-order valence-corrected chi connectivity index (χ0v) is 19.4. The molecule has 1 aliphatic heterocycles. The number of hydrogen-bond acceptors (Lipinski definition) is 6. The Morgan fingerprint density at radius 1 is 1.11 bits per heavy atom. The maximum Gasteiger partial charge on any atom is 0.271 e. The monoisotopic (exact) mass is 475 g/mol. The first-order chi connectivity index (χ1) is 16.9. The van der Waals surface area contributed by atoms with E-state index in [0.29, 0.717) is 41.5 Å². The third-order valence-corrected chi connectivity index (χ3v) is 5.82. The average molecular weight is 476 g/mol. The van der Waals surface area contributed by atoms with E-state index in [-0.39, 0.29) is 23.9 Å². The quantitative estimate of drug-likeness (QED) is 0.354. The van der Waals surface area contributed by atoms with E-state index in [1.807, 2.05) is 31.2 Å². The van der Waals surface area contributed by atoms with Crippen LogP contribution in [-0.4, -0.2) is 35.4 Å². The van der Waals surface area contributed by atoms with Crippen molar-refractivity contribution in [1.82, 2.24) is 4.90 Å². The highest BCUT2D eigenvalue weighted by molar-refractivity contribution is 5.99. The number of nitrogens with zero attached hydrogens (tertiary/aromatic N) is 2. The number of nitro groups is 1. The fourth-order valence-electron chi connectivity index (χ4n) is 4.19. The second kappa shape index (κ2) is 10.3. The van der Waals surface area contributed by atoms with Crippen LogP contribution in [0.4, 0.5) is 11.4 Å². The van der Waals surface area contributed by atoms with E-state index in [0.717, 1.165) is 5.56 Å². The Morgan fingerprint density at radius 2 is 1.91 bits per heavy atom. The zero-order chi connectivity index (χ0) is 24.9. The number of carbonyl (C=O) groups excluding carboxylic acids is 2. The van der Waals surface area contributed by atoms with Gasteiger partial charge in [-0.1, -0.05) is 30.3 Å². The number of rotatable bonds is 9. The largest absolute Gasteiger partial charge is 0.493 e. The Labute approximate surface area is 202 Å². The van der Waals surface area contributed by atoms with Gasteiger partial charge in [0.2, 0.25) is 5.91 Å². The summed E-state index contributed by atoms with van der Waals surface area (Å²) in [7, 11) is 1.53. The van der Waals surface area contributed by atoms with E-state index in [2.05, 4.69) is 5.32 Å². The van der Waals surface area contributed by atoms with Gasteiger partial charge in [0.25, 0.3) is 11.6 Å². The minimum absolute atomic E-state index is 0.0560. The van der Waals surface area contributed by atoms with Crippen molar-refractivity contribution in [3.05, 3.63) is 93.5 Å². The summed E-state index contributed by atoms with van der Waals surface area (Å²) in [5.41, 5.74) is 2.39. The van der Waals surface area contributed by atoms with Crippen molar-refractivity contribution in [3.8, 4) is 11.5 Å². The van der Waals surface area contributed by atoms with Crippen molar-refractivity contribution in [1.29, 1.82) is 0 Å². The molecule has 0 aromatic heterocycles. The van der Waals surface area contributed by atoms with Crippen LogP contribution >= 0.6 is 0 Å². The van der Waals surface area contributed by atoms with E-state index in [9.17, 15) is 19.7 Å². The van der Waals surface area contributed by atoms with Crippen molar-refractivity contribution < 1.29 is 24.0 Å². The highest BCUT2D eigenvalue weighted by atomic mass is 16.6. The molecule has 1 atom stereocenters. The molecule has 0 saturated carbocycles. The maximum atomic E-state index is 13.3. The van der Waals surface area contributed by atoms with Crippen LogP contribution in [0.15, 0.2) is 66.7 Å². The van der Waals surface area contributed by atoms with Gasteiger partial charge in [-0.25, -0.2) is 0 Å². The van der Waals surface area contributed by atoms with Crippen molar-refractivity contribution >= 4 is 23.2 Å². The van der Waals surface area contributed by atoms with Gasteiger partial charge in [0.15, 0.2) is 11.5 Å². The van der Waals surface area contributed by atoms with Crippen LogP contribution in [0.1, 0.15) is 40.9 Å². The third-order valence-electron chi connectivity index (χ3n) is 5.82. The summed E-state index contributed by atoms with van der Waals surface area (Å²) >= 11 is 0. The molecule has 9 heteroatoms. The number of hydrogen-bond donors (Lipinski definition) is 1. The third kappa shape index (κ3) is 5.08. The summed E-state index contributed by atoms with van der Waals surface area (Å²) in [4.78, 5) is 38.5. The molecule has 0 radical (unpaired) electrons. The molecule has 1 aliphatic rings. The highest BCUT2D eigenvalue weighted by Gasteiger charge is 2.35. The predicted octanol–water partition coefficient (Wildman–Crippen LogP) is 4.73. The van der Waals surface area contributed by atoms with Crippen LogP contribution < -0.4 is 14.8 Å². The molecule has 0 bridgehead atoms. The molecule has 4 rings (SSSR count). The van der Waals surface area contributed by atoms with E-state index in [1.54, 1.807) is 29.2 Å². The lowest BCUT2D eigenvalue weighted by Gasteiger charge is -2.28. The summed E-state index contributed by atoms with van der Waals surface area (Å²) < 4.78 is 11.1. The first-order valence-electron chi connectivity index (χ1n) is 11.1. The molecule has 35 heavy (non-hydrogen) atoms.